The number of carboxylic acids is 1. The smallest absolute Gasteiger partial charge is 0.303 e. The standard InChI is InChI=1S/C12H20N2O3/c1-11(2)10(17)13-5-6-14(11)8-12(3-4-12)7-9(15)16/h3-8H2,1-2H3,(H,13,17)(H,15,16). The second-order valence-corrected chi connectivity index (χ2v) is 5.81. The zero-order valence-electron chi connectivity index (χ0n) is 10.5. The van der Waals surface area contributed by atoms with Crippen LogP contribution in [0.1, 0.15) is 33.1 Å². The Labute approximate surface area is 101 Å². The highest BCUT2D eigenvalue weighted by Crippen LogP contribution is 2.50. The van der Waals surface area contributed by atoms with Crippen LogP contribution in [0.2, 0.25) is 0 Å². The molecule has 1 saturated heterocycles. The molecule has 5 nitrogen and oxygen atoms in total. The summed E-state index contributed by atoms with van der Waals surface area (Å²) in [6.45, 7) is 5.99. The fourth-order valence-electron chi connectivity index (χ4n) is 2.51. The molecule has 1 aliphatic heterocycles. The number of hydrogen-bond donors (Lipinski definition) is 2. The Morgan fingerprint density at radius 1 is 1.47 bits per heavy atom. The predicted molar refractivity (Wildman–Crippen MR) is 62.6 cm³/mol. The second kappa shape index (κ2) is 3.98. The molecular weight excluding hydrogens is 220 g/mol. The van der Waals surface area contributed by atoms with E-state index in [4.69, 9.17) is 5.11 Å². The van der Waals surface area contributed by atoms with Crippen LogP contribution in [0.4, 0.5) is 0 Å². The first-order valence-corrected chi connectivity index (χ1v) is 6.11. The zero-order chi connectivity index (χ0) is 12.7. The van der Waals surface area contributed by atoms with Gasteiger partial charge < -0.3 is 10.4 Å². The quantitative estimate of drug-likeness (QED) is 0.748. The summed E-state index contributed by atoms with van der Waals surface area (Å²) in [6.07, 6.45) is 2.15. The Bertz CT molecular complexity index is 348. The molecule has 2 N–H and O–H groups in total. The van der Waals surface area contributed by atoms with Gasteiger partial charge >= 0.3 is 5.97 Å². The molecule has 0 atom stereocenters. The van der Waals surface area contributed by atoms with Gasteiger partial charge in [0, 0.05) is 19.6 Å². The maximum Gasteiger partial charge on any atom is 0.303 e. The Morgan fingerprint density at radius 2 is 2.12 bits per heavy atom. The Kier molecular flexibility index (Phi) is 2.89. The predicted octanol–water partition coefficient (Wildman–Crippen LogP) is 0.452. The fourth-order valence-corrected chi connectivity index (χ4v) is 2.51. The van der Waals surface area contributed by atoms with Gasteiger partial charge in [-0.15, -0.1) is 0 Å². The molecule has 0 radical (unpaired) electrons. The average Bonchev–Trinajstić information content (AvgIpc) is 2.93. The van der Waals surface area contributed by atoms with E-state index in [1.54, 1.807) is 0 Å². The van der Waals surface area contributed by atoms with Gasteiger partial charge in [0.1, 0.15) is 0 Å². The van der Waals surface area contributed by atoms with Gasteiger partial charge in [0.15, 0.2) is 0 Å². The van der Waals surface area contributed by atoms with E-state index in [9.17, 15) is 9.59 Å². The van der Waals surface area contributed by atoms with Crippen molar-refractivity contribution in [3.63, 3.8) is 0 Å². The lowest BCUT2D eigenvalue weighted by Crippen LogP contribution is -2.62. The molecule has 1 saturated carbocycles. The number of carbonyl (C=O) groups is 2. The van der Waals surface area contributed by atoms with Gasteiger partial charge in [-0.1, -0.05) is 0 Å². The number of amides is 1. The van der Waals surface area contributed by atoms with Gasteiger partial charge in [0.25, 0.3) is 0 Å². The van der Waals surface area contributed by atoms with E-state index in [1.807, 2.05) is 13.8 Å². The molecule has 0 aromatic heterocycles. The molecule has 0 aromatic rings. The molecule has 1 aliphatic carbocycles. The van der Waals surface area contributed by atoms with Crippen LogP contribution < -0.4 is 5.32 Å². The van der Waals surface area contributed by atoms with Crippen molar-refractivity contribution in [1.29, 1.82) is 0 Å². The van der Waals surface area contributed by atoms with Crippen LogP contribution in [-0.4, -0.2) is 47.1 Å². The zero-order valence-corrected chi connectivity index (χ0v) is 10.5. The highest BCUT2D eigenvalue weighted by molar-refractivity contribution is 5.86. The van der Waals surface area contributed by atoms with Crippen LogP contribution in [0.3, 0.4) is 0 Å². The van der Waals surface area contributed by atoms with Crippen LogP contribution in [0.15, 0.2) is 0 Å². The van der Waals surface area contributed by atoms with E-state index in [1.165, 1.54) is 0 Å². The highest BCUT2D eigenvalue weighted by Gasteiger charge is 2.49. The summed E-state index contributed by atoms with van der Waals surface area (Å²) in [4.78, 5) is 24.7. The van der Waals surface area contributed by atoms with Crippen molar-refractivity contribution in [2.24, 2.45) is 5.41 Å². The number of nitrogens with zero attached hydrogens (tertiary/aromatic N) is 1. The maximum atomic E-state index is 11.8. The van der Waals surface area contributed by atoms with Crippen LogP contribution in [-0.2, 0) is 9.59 Å². The van der Waals surface area contributed by atoms with Gasteiger partial charge in [-0.25, -0.2) is 0 Å². The van der Waals surface area contributed by atoms with Crippen LogP contribution in [0, 0.1) is 5.41 Å². The van der Waals surface area contributed by atoms with Gasteiger partial charge in [-0.3, -0.25) is 14.5 Å². The molecule has 0 unspecified atom stereocenters. The maximum absolute atomic E-state index is 11.8. The summed E-state index contributed by atoms with van der Waals surface area (Å²) in [7, 11) is 0. The molecule has 1 heterocycles. The van der Waals surface area contributed by atoms with Crippen molar-refractivity contribution in [2.45, 2.75) is 38.6 Å². The summed E-state index contributed by atoms with van der Waals surface area (Å²) in [5.74, 6) is -0.698. The second-order valence-electron chi connectivity index (χ2n) is 5.81. The number of aliphatic carboxylic acids is 1. The molecule has 0 aromatic carbocycles. The SMILES string of the molecule is CC1(C)C(=O)NCCN1CC1(CC(=O)O)CC1. The van der Waals surface area contributed by atoms with Gasteiger partial charge in [0.2, 0.25) is 5.91 Å². The summed E-state index contributed by atoms with van der Waals surface area (Å²) >= 11 is 0. The summed E-state index contributed by atoms with van der Waals surface area (Å²) in [5.41, 5.74) is -0.604. The largest absolute Gasteiger partial charge is 0.481 e. The van der Waals surface area contributed by atoms with Crippen molar-refractivity contribution in [1.82, 2.24) is 10.2 Å². The third kappa shape index (κ3) is 2.44. The van der Waals surface area contributed by atoms with Crippen molar-refractivity contribution in [2.75, 3.05) is 19.6 Å². The molecular formula is C12H20N2O3. The minimum Gasteiger partial charge on any atom is -0.481 e. The number of hydrogen-bond acceptors (Lipinski definition) is 3. The molecule has 2 fully saturated rings. The number of nitrogens with one attached hydrogen (secondary N) is 1. The third-order valence-electron chi connectivity index (χ3n) is 4.02. The van der Waals surface area contributed by atoms with E-state index in [0.29, 0.717) is 6.54 Å². The number of piperazine rings is 1. The minimum absolute atomic E-state index is 0.0369. The highest BCUT2D eigenvalue weighted by atomic mass is 16.4. The van der Waals surface area contributed by atoms with Crippen molar-refractivity contribution >= 4 is 11.9 Å². The minimum atomic E-state index is -0.734. The average molecular weight is 240 g/mol. The van der Waals surface area contributed by atoms with Gasteiger partial charge in [0.05, 0.1) is 12.0 Å². The first-order valence-electron chi connectivity index (χ1n) is 6.11. The molecule has 1 amide bonds. The Balaban J connectivity index is 2.03. The molecule has 2 rings (SSSR count). The van der Waals surface area contributed by atoms with Crippen molar-refractivity contribution in [3.05, 3.63) is 0 Å². The van der Waals surface area contributed by atoms with Crippen LogP contribution in [0.25, 0.3) is 0 Å². The van der Waals surface area contributed by atoms with Gasteiger partial charge in [-0.05, 0) is 32.1 Å². The van der Waals surface area contributed by atoms with E-state index < -0.39 is 11.5 Å². The number of carboxylic acid groups (broad SMARTS) is 1. The van der Waals surface area contributed by atoms with Crippen LogP contribution >= 0.6 is 0 Å². The molecule has 5 heteroatoms. The van der Waals surface area contributed by atoms with Crippen molar-refractivity contribution < 1.29 is 14.7 Å². The fraction of sp³-hybridized carbons (Fsp3) is 0.833. The normalized spacial score (nSPS) is 26.4. The first-order chi connectivity index (χ1) is 7.86. The van der Waals surface area contributed by atoms with E-state index in [-0.39, 0.29) is 17.7 Å². The summed E-state index contributed by atoms with van der Waals surface area (Å²) < 4.78 is 0. The molecule has 0 bridgehead atoms. The van der Waals surface area contributed by atoms with E-state index >= 15 is 0 Å². The Morgan fingerprint density at radius 3 is 2.65 bits per heavy atom. The van der Waals surface area contributed by atoms with Crippen LogP contribution in [0.5, 0.6) is 0 Å². The first kappa shape index (κ1) is 12.4. The van der Waals surface area contributed by atoms with Gasteiger partial charge in [-0.2, -0.15) is 0 Å². The lowest BCUT2D eigenvalue weighted by atomic mass is 9.94. The number of rotatable bonds is 4. The Hall–Kier alpha value is -1.10. The molecule has 0 spiro atoms. The van der Waals surface area contributed by atoms with E-state index in [2.05, 4.69) is 10.2 Å². The number of carbonyl (C=O) groups excluding carboxylic acids is 1. The van der Waals surface area contributed by atoms with E-state index in [0.717, 1.165) is 25.9 Å². The summed E-state index contributed by atoms with van der Waals surface area (Å²) in [6, 6.07) is 0. The topological polar surface area (TPSA) is 69.6 Å². The lowest BCUT2D eigenvalue weighted by molar-refractivity contribution is -0.139. The van der Waals surface area contributed by atoms with Crippen molar-refractivity contribution in [3.8, 4) is 0 Å². The lowest BCUT2D eigenvalue weighted by Gasteiger charge is -2.42. The summed E-state index contributed by atoms with van der Waals surface area (Å²) in [5, 5.41) is 11.8. The monoisotopic (exact) mass is 240 g/mol. The molecule has 2 aliphatic rings. The molecule has 96 valence electrons. The third-order valence-corrected chi connectivity index (χ3v) is 4.02. The molecule has 17 heavy (non-hydrogen) atoms.